The van der Waals surface area contributed by atoms with Crippen molar-refractivity contribution in [2.24, 2.45) is 0 Å². The highest BCUT2D eigenvalue weighted by Gasteiger charge is 2.18. The van der Waals surface area contributed by atoms with Crippen molar-refractivity contribution in [3.05, 3.63) is 63.9 Å². The van der Waals surface area contributed by atoms with Gasteiger partial charge in [-0.15, -0.1) is 0 Å². The maximum Gasteiger partial charge on any atom is 0.260 e. The van der Waals surface area contributed by atoms with Gasteiger partial charge < -0.3 is 10.1 Å². The highest BCUT2D eigenvalue weighted by molar-refractivity contribution is 6.33. The third kappa shape index (κ3) is 4.38. The molecule has 1 aliphatic rings. The molecule has 1 fully saturated rings. The smallest absolute Gasteiger partial charge is 0.260 e. The van der Waals surface area contributed by atoms with E-state index in [1.54, 1.807) is 23.2 Å². The van der Waals surface area contributed by atoms with E-state index in [4.69, 9.17) is 16.3 Å². The van der Waals surface area contributed by atoms with Crippen LogP contribution in [0.2, 0.25) is 5.02 Å². The van der Waals surface area contributed by atoms with Crippen LogP contribution in [0.1, 0.15) is 25.5 Å². The van der Waals surface area contributed by atoms with Crippen molar-refractivity contribution in [3.8, 4) is 22.4 Å². The molecule has 1 N–H and O–H groups in total. The molecule has 0 atom stereocenters. The molecule has 0 saturated carbocycles. The summed E-state index contributed by atoms with van der Waals surface area (Å²) < 4.78 is 7.08. The van der Waals surface area contributed by atoms with Gasteiger partial charge in [0.05, 0.1) is 17.6 Å². The zero-order valence-electron chi connectivity index (χ0n) is 19.1. The van der Waals surface area contributed by atoms with Gasteiger partial charge in [0.25, 0.3) is 5.56 Å². The molecule has 0 amide bonds. The number of aryl methyl sites for hydroxylation is 2. The van der Waals surface area contributed by atoms with Crippen molar-refractivity contribution >= 4 is 28.6 Å². The van der Waals surface area contributed by atoms with E-state index in [2.05, 4.69) is 25.3 Å². The van der Waals surface area contributed by atoms with Gasteiger partial charge in [-0.2, -0.15) is 4.98 Å². The fraction of sp³-hybridized carbons (Fsp3) is 0.320. The Bertz CT molecular complexity index is 1410. The van der Waals surface area contributed by atoms with E-state index in [0.29, 0.717) is 34.3 Å². The molecule has 174 valence electrons. The first-order valence-electron chi connectivity index (χ1n) is 11.4. The Morgan fingerprint density at radius 1 is 1.12 bits per heavy atom. The molecular formula is C25H25ClN6O2. The average molecular weight is 477 g/mol. The van der Waals surface area contributed by atoms with Gasteiger partial charge in [-0.25, -0.2) is 9.97 Å². The molecular weight excluding hydrogens is 452 g/mol. The van der Waals surface area contributed by atoms with Crippen molar-refractivity contribution in [2.75, 3.05) is 18.5 Å². The van der Waals surface area contributed by atoms with E-state index < -0.39 is 0 Å². The number of hydrogen-bond acceptors (Lipinski definition) is 7. The van der Waals surface area contributed by atoms with Crippen LogP contribution in [0.15, 0.2) is 47.7 Å². The molecule has 0 bridgehead atoms. The first kappa shape index (κ1) is 22.4. The van der Waals surface area contributed by atoms with Crippen LogP contribution >= 0.6 is 11.6 Å². The molecule has 1 aromatic carbocycles. The van der Waals surface area contributed by atoms with Gasteiger partial charge in [-0.1, -0.05) is 23.7 Å². The van der Waals surface area contributed by atoms with Crippen LogP contribution in [-0.4, -0.2) is 43.8 Å². The largest absolute Gasteiger partial charge is 0.381 e. The standard InChI is InChI=1S/C25H25ClN6O2/c1-3-32-23-17(13-28-25(31-23)30-18-6-8-34-9-7-18)10-20(24(32)33)19-5-4-16(11-21(19)26)22-14-27-12-15(2)29-22/h4-5,10-14,18H,3,6-9H2,1-2H3,(H,28,30,31). The second-order valence-corrected chi connectivity index (χ2v) is 8.76. The Morgan fingerprint density at radius 3 is 2.68 bits per heavy atom. The minimum atomic E-state index is -0.143. The topological polar surface area (TPSA) is 94.8 Å². The quantitative estimate of drug-likeness (QED) is 0.453. The lowest BCUT2D eigenvalue weighted by Gasteiger charge is -2.23. The zero-order chi connectivity index (χ0) is 23.7. The van der Waals surface area contributed by atoms with Crippen LogP contribution < -0.4 is 10.9 Å². The Hall–Kier alpha value is -3.36. The number of hydrogen-bond donors (Lipinski definition) is 1. The number of nitrogens with one attached hydrogen (secondary N) is 1. The van der Waals surface area contributed by atoms with Gasteiger partial charge in [0.2, 0.25) is 5.95 Å². The number of ether oxygens (including phenoxy) is 1. The summed E-state index contributed by atoms with van der Waals surface area (Å²) in [5.41, 5.74) is 4.02. The minimum Gasteiger partial charge on any atom is -0.381 e. The van der Waals surface area contributed by atoms with Crippen LogP contribution in [0.3, 0.4) is 0 Å². The summed E-state index contributed by atoms with van der Waals surface area (Å²) in [6.07, 6.45) is 6.97. The van der Waals surface area contributed by atoms with Crippen LogP contribution in [0.4, 0.5) is 5.95 Å². The second-order valence-electron chi connectivity index (χ2n) is 8.35. The van der Waals surface area contributed by atoms with Gasteiger partial charge in [0.15, 0.2) is 0 Å². The minimum absolute atomic E-state index is 0.143. The van der Waals surface area contributed by atoms with Crippen LogP contribution in [0.25, 0.3) is 33.4 Å². The normalized spacial score (nSPS) is 14.4. The molecule has 34 heavy (non-hydrogen) atoms. The molecule has 1 saturated heterocycles. The van der Waals surface area contributed by atoms with Gasteiger partial charge in [-0.05, 0) is 38.8 Å². The van der Waals surface area contributed by atoms with Crippen molar-refractivity contribution in [1.29, 1.82) is 0 Å². The van der Waals surface area contributed by atoms with Gasteiger partial charge in [0, 0.05) is 65.3 Å². The predicted octanol–water partition coefficient (Wildman–Crippen LogP) is 4.49. The molecule has 9 heteroatoms. The van der Waals surface area contributed by atoms with Gasteiger partial charge in [0.1, 0.15) is 5.65 Å². The average Bonchev–Trinajstić information content (AvgIpc) is 2.85. The number of pyridine rings is 1. The number of benzene rings is 1. The molecule has 0 unspecified atom stereocenters. The van der Waals surface area contributed by atoms with Crippen LogP contribution in [-0.2, 0) is 11.3 Å². The summed E-state index contributed by atoms with van der Waals surface area (Å²) in [5, 5.41) is 4.62. The molecule has 0 spiro atoms. The lowest BCUT2D eigenvalue weighted by molar-refractivity contribution is 0.0903. The van der Waals surface area contributed by atoms with Crippen LogP contribution in [0.5, 0.6) is 0 Å². The number of nitrogens with zero attached hydrogens (tertiary/aromatic N) is 5. The maximum absolute atomic E-state index is 13.5. The highest BCUT2D eigenvalue weighted by atomic mass is 35.5. The van der Waals surface area contributed by atoms with Gasteiger partial charge in [-0.3, -0.25) is 14.3 Å². The lowest BCUT2D eigenvalue weighted by atomic mass is 10.0. The van der Waals surface area contributed by atoms with Crippen molar-refractivity contribution in [1.82, 2.24) is 24.5 Å². The Labute approximate surface area is 202 Å². The number of halogens is 1. The van der Waals surface area contributed by atoms with Crippen molar-refractivity contribution in [3.63, 3.8) is 0 Å². The van der Waals surface area contributed by atoms with Gasteiger partial charge >= 0.3 is 0 Å². The Balaban J connectivity index is 1.54. The van der Waals surface area contributed by atoms with E-state index in [9.17, 15) is 4.79 Å². The molecule has 1 aliphatic heterocycles. The monoisotopic (exact) mass is 476 g/mol. The molecule has 4 heterocycles. The third-order valence-electron chi connectivity index (χ3n) is 6.01. The van der Waals surface area contributed by atoms with Crippen molar-refractivity contribution < 1.29 is 4.74 Å². The first-order chi connectivity index (χ1) is 16.5. The molecule has 3 aromatic heterocycles. The molecule has 0 aliphatic carbocycles. The fourth-order valence-corrected chi connectivity index (χ4v) is 4.52. The summed E-state index contributed by atoms with van der Waals surface area (Å²) in [4.78, 5) is 31.3. The molecule has 5 rings (SSSR count). The summed E-state index contributed by atoms with van der Waals surface area (Å²) in [6, 6.07) is 7.66. The third-order valence-corrected chi connectivity index (χ3v) is 6.32. The number of fused-ring (bicyclic) bond motifs is 1. The SMILES string of the molecule is CCn1c(=O)c(-c2ccc(-c3cncc(C)n3)cc2Cl)cc2cnc(NC3CCOCC3)nc21. The zero-order valence-corrected chi connectivity index (χ0v) is 19.8. The Kier molecular flexibility index (Phi) is 6.26. The number of aromatic nitrogens is 5. The Morgan fingerprint density at radius 2 is 1.94 bits per heavy atom. The number of anilines is 1. The number of rotatable bonds is 5. The second kappa shape index (κ2) is 9.48. The van der Waals surface area contributed by atoms with Crippen LogP contribution in [0, 0.1) is 6.92 Å². The summed E-state index contributed by atoms with van der Waals surface area (Å²) in [7, 11) is 0. The summed E-state index contributed by atoms with van der Waals surface area (Å²) >= 11 is 6.66. The maximum atomic E-state index is 13.5. The molecule has 4 aromatic rings. The first-order valence-corrected chi connectivity index (χ1v) is 11.7. The van der Waals surface area contributed by atoms with E-state index >= 15 is 0 Å². The summed E-state index contributed by atoms with van der Waals surface area (Å²) in [6.45, 7) is 5.75. The van der Waals surface area contributed by atoms with E-state index in [1.807, 2.05) is 38.1 Å². The van der Waals surface area contributed by atoms with E-state index in [1.165, 1.54) is 0 Å². The van der Waals surface area contributed by atoms with E-state index in [0.717, 1.165) is 48.4 Å². The fourth-order valence-electron chi connectivity index (χ4n) is 4.23. The summed E-state index contributed by atoms with van der Waals surface area (Å²) in [5.74, 6) is 0.524. The van der Waals surface area contributed by atoms with Crippen molar-refractivity contribution in [2.45, 2.75) is 39.3 Å². The predicted molar refractivity (Wildman–Crippen MR) is 133 cm³/mol. The lowest BCUT2D eigenvalue weighted by Crippen LogP contribution is -2.29. The highest BCUT2D eigenvalue weighted by Crippen LogP contribution is 2.31. The van der Waals surface area contributed by atoms with E-state index in [-0.39, 0.29) is 11.6 Å². The molecule has 8 nitrogen and oxygen atoms in total. The molecule has 0 radical (unpaired) electrons.